The van der Waals surface area contributed by atoms with Gasteiger partial charge in [0.25, 0.3) is 5.91 Å². The molecule has 3 rings (SSSR count). The Hall–Kier alpha value is -2.05. The van der Waals surface area contributed by atoms with E-state index in [1.165, 1.54) is 0 Å². The van der Waals surface area contributed by atoms with Crippen LogP contribution in [-0.2, 0) is 4.79 Å². The van der Waals surface area contributed by atoms with Gasteiger partial charge in [-0.1, -0.05) is 18.2 Å². The van der Waals surface area contributed by atoms with Gasteiger partial charge in [0, 0.05) is 37.1 Å². The molecular weight excluding hydrogens is 316 g/mol. The Balaban J connectivity index is 0.00000192. The van der Waals surface area contributed by atoms with Crippen LogP contribution >= 0.6 is 12.4 Å². The highest BCUT2D eigenvalue weighted by Crippen LogP contribution is 2.17. The number of H-pyrrole nitrogens is 1. The van der Waals surface area contributed by atoms with Crippen molar-refractivity contribution in [3.63, 3.8) is 0 Å². The molecule has 0 spiro atoms. The minimum atomic E-state index is -0.490. The molecule has 124 valence electrons. The lowest BCUT2D eigenvalue weighted by molar-refractivity contribution is -0.133. The number of amides is 2. The molecule has 0 radical (unpaired) electrons. The van der Waals surface area contributed by atoms with Gasteiger partial charge in [-0.05, 0) is 19.1 Å². The summed E-state index contributed by atoms with van der Waals surface area (Å²) in [4.78, 5) is 31.0. The number of aromatic nitrogens is 1. The fraction of sp³-hybridized carbons (Fsp3) is 0.375. The Labute approximate surface area is 141 Å². The molecule has 1 saturated heterocycles. The Kier molecular flexibility index (Phi) is 5.28. The maximum absolute atomic E-state index is 12.5. The molecule has 1 fully saturated rings. The van der Waals surface area contributed by atoms with Crippen molar-refractivity contribution in [3.8, 4) is 0 Å². The van der Waals surface area contributed by atoms with E-state index in [1.807, 2.05) is 30.3 Å². The summed E-state index contributed by atoms with van der Waals surface area (Å²) in [5, 5.41) is 1.02. The Bertz CT molecular complexity index is 672. The number of carbonyl (C=O) groups excluding carboxylic acids is 2. The van der Waals surface area contributed by atoms with Crippen molar-refractivity contribution in [3.05, 3.63) is 36.0 Å². The zero-order valence-electron chi connectivity index (χ0n) is 13.0. The molecule has 23 heavy (non-hydrogen) atoms. The van der Waals surface area contributed by atoms with E-state index in [9.17, 15) is 9.59 Å². The highest BCUT2D eigenvalue weighted by molar-refractivity contribution is 5.98. The second-order valence-corrected chi connectivity index (χ2v) is 5.68. The number of piperazine rings is 1. The molecule has 0 bridgehead atoms. The van der Waals surface area contributed by atoms with Gasteiger partial charge in [-0.15, -0.1) is 12.4 Å². The van der Waals surface area contributed by atoms with Gasteiger partial charge in [-0.3, -0.25) is 9.59 Å². The highest BCUT2D eigenvalue weighted by Gasteiger charge is 2.26. The molecule has 1 aromatic carbocycles. The SMILES string of the molecule is C[C@H](N)C(=O)N1CCN(C(=O)c2cc3ccccc3[nH]2)CC1.Cl. The van der Waals surface area contributed by atoms with Crippen molar-refractivity contribution in [1.82, 2.24) is 14.8 Å². The largest absolute Gasteiger partial charge is 0.351 e. The van der Waals surface area contributed by atoms with Gasteiger partial charge in [0.2, 0.25) is 5.91 Å². The van der Waals surface area contributed by atoms with Crippen LogP contribution in [0.2, 0.25) is 0 Å². The van der Waals surface area contributed by atoms with Crippen LogP contribution in [0.5, 0.6) is 0 Å². The van der Waals surface area contributed by atoms with Crippen LogP contribution in [0.3, 0.4) is 0 Å². The predicted molar refractivity (Wildman–Crippen MR) is 91.7 cm³/mol. The summed E-state index contributed by atoms with van der Waals surface area (Å²) in [6.45, 7) is 3.82. The molecule has 0 unspecified atom stereocenters. The molecule has 1 aromatic heterocycles. The van der Waals surface area contributed by atoms with Gasteiger partial charge in [0.1, 0.15) is 5.69 Å². The van der Waals surface area contributed by atoms with Gasteiger partial charge in [-0.2, -0.15) is 0 Å². The van der Waals surface area contributed by atoms with E-state index >= 15 is 0 Å². The van der Waals surface area contributed by atoms with Crippen LogP contribution < -0.4 is 5.73 Å². The molecule has 3 N–H and O–H groups in total. The number of para-hydroxylation sites is 1. The lowest BCUT2D eigenvalue weighted by Crippen LogP contribution is -2.53. The van der Waals surface area contributed by atoms with Crippen LogP contribution in [0.1, 0.15) is 17.4 Å². The topological polar surface area (TPSA) is 82.4 Å². The highest BCUT2D eigenvalue weighted by atomic mass is 35.5. The van der Waals surface area contributed by atoms with Crippen LogP contribution in [0.25, 0.3) is 10.9 Å². The Morgan fingerprint density at radius 1 is 1.13 bits per heavy atom. The number of nitrogens with two attached hydrogens (primary N) is 1. The minimum Gasteiger partial charge on any atom is -0.351 e. The van der Waals surface area contributed by atoms with Crippen LogP contribution in [0, 0.1) is 0 Å². The zero-order chi connectivity index (χ0) is 15.7. The maximum atomic E-state index is 12.5. The monoisotopic (exact) mass is 336 g/mol. The molecule has 6 nitrogen and oxygen atoms in total. The van der Waals surface area contributed by atoms with Gasteiger partial charge < -0.3 is 20.5 Å². The van der Waals surface area contributed by atoms with E-state index in [0.717, 1.165) is 10.9 Å². The maximum Gasteiger partial charge on any atom is 0.270 e. The first kappa shape index (κ1) is 17.3. The third kappa shape index (κ3) is 3.48. The molecule has 2 amide bonds. The molecular formula is C16H21ClN4O2. The minimum absolute atomic E-state index is 0. The molecule has 1 aliphatic heterocycles. The number of halogens is 1. The average molecular weight is 337 g/mol. The fourth-order valence-corrected chi connectivity index (χ4v) is 2.78. The standard InChI is InChI=1S/C16H20N4O2.ClH/c1-11(17)15(21)19-6-8-20(9-7-19)16(22)14-10-12-4-2-3-5-13(12)18-14;/h2-5,10-11,18H,6-9,17H2,1H3;1H/t11-;/m0./s1. The van der Waals surface area contributed by atoms with E-state index in [0.29, 0.717) is 31.9 Å². The number of hydrogen-bond acceptors (Lipinski definition) is 3. The van der Waals surface area contributed by atoms with Gasteiger partial charge in [0.15, 0.2) is 0 Å². The normalized spacial score (nSPS) is 16.1. The Morgan fingerprint density at radius 2 is 1.74 bits per heavy atom. The van der Waals surface area contributed by atoms with Gasteiger partial charge in [0.05, 0.1) is 6.04 Å². The first-order valence-corrected chi connectivity index (χ1v) is 7.47. The van der Waals surface area contributed by atoms with Gasteiger partial charge >= 0.3 is 0 Å². The molecule has 7 heteroatoms. The number of fused-ring (bicyclic) bond motifs is 1. The van der Waals surface area contributed by atoms with E-state index in [1.54, 1.807) is 16.7 Å². The number of rotatable bonds is 2. The van der Waals surface area contributed by atoms with Crippen LogP contribution in [0.15, 0.2) is 30.3 Å². The summed E-state index contributed by atoms with van der Waals surface area (Å²) in [6.07, 6.45) is 0. The van der Waals surface area contributed by atoms with Crippen molar-refractivity contribution in [2.75, 3.05) is 26.2 Å². The summed E-state index contributed by atoms with van der Waals surface area (Å²) >= 11 is 0. The van der Waals surface area contributed by atoms with Crippen molar-refractivity contribution < 1.29 is 9.59 Å². The number of carbonyl (C=O) groups is 2. The van der Waals surface area contributed by atoms with E-state index in [-0.39, 0.29) is 24.2 Å². The summed E-state index contributed by atoms with van der Waals surface area (Å²) in [5.74, 6) is -0.0817. The summed E-state index contributed by atoms with van der Waals surface area (Å²) in [6, 6.07) is 9.19. The number of benzene rings is 1. The molecule has 0 aliphatic carbocycles. The molecule has 0 saturated carbocycles. The smallest absolute Gasteiger partial charge is 0.270 e. The second-order valence-electron chi connectivity index (χ2n) is 5.68. The quantitative estimate of drug-likeness (QED) is 0.865. The van der Waals surface area contributed by atoms with Crippen LogP contribution in [-0.4, -0.2) is 58.8 Å². The zero-order valence-corrected chi connectivity index (χ0v) is 13.8. The van der Waals surface area contributed by atoms with Crippen molar-refractivity contribution >= 4 is 35.1 Å². The number of nitrogens with one attached hydrogen (secondary N) is 1. The van der Waals surface area contributed by atoms with Crippen LogP contribution in [0.4, 0.5) is 0 Å². The number of hydrogen-bond donors (Lipinski definition) is 2. The van der Waals surface area contributed by atoms with E-state index < -0.39 is 6.04 Å². The molecule has 2 aromatic rings. The van der Waals surface area contributed by atoms with Crippen molar-refractivity contribution in [2.24, 2.45) is 5.73 Å². The molecule has 1 atom stereocenters. The van der Waals surface area contributed by atoms with Gasteiger partial charge in [-0.25, -0.2) is 0 Å². The molecule has 1 aliphatic rings. The first-order valence-electron chi connectivity index (χ1n) is 7.47. The Morgan fingerprint density at radius 3 is 2.35 bits per heavy atom. The number of nitrogens with zero attached hydrogens (tertiary/aromatic N) is 2. The second kappa shape index (κ2) is 7.02. The first-order chi connectivity index (χ1) is 10.6. The third-order valence-corrected chi connectivity index (χ3v) is 4.03. The average Bonchev–Trinajstić information content (AvgIpc) is 2.97. The van der Waals surface area contributed by atoms with E-state index in [2.05, 4.69) is 4.98 Å². The predicted octanol–water partition coefficient (Wildman–Crippen LogP) is 1.22. The number of aromatic amines is 1. The third-order valence-electron chi connectivity index (χ3n) is 4.03. The van der Waals surface area contributed by atoms with Crippen molar-refractivity contribution in [2.45, 2.75) is 13.0 Å². The lowest BCUT2D eigenvalue weighted by atomic mass is 10.2. The van der Waals surface area contributed by atoms with Crippen molar-refractivity contribution in [1.29, 1.82) is 0 Å². The summed E-state index contributed by atoms with van der Waals surface area (Å²) < 4.78 is 0. The molecule has 2 heterocycles. The fourth-order valence-electron chi connectivity index (χ4n) is 2.78. The lowest BCUT2D eigenvalue weighted by Gasteiger charge is -2.35. The van der Waals surface area contributed by atoms with E-state index in [4.69, 9.17) is 5.73 Å². The summed E-state index contributed by atoms with van der Waals surface area (Å²) in [5.41, 5.74) is 7.16. The summed E-state index contributed by atoms with van der Waals surface area (Å²) in [7, 11) is 0.